The summed E-state index contributed by atoms with van der Waals surface area (Å²) in [5.74, 6) is -0.339. The first-order valence-corrected chi connectivity index (χ1v) is 20.1. The van der Waals surface area contributed by atoms with Crippen LogP contribution in [0.2, 0.25) is 5.02 Å². The summed E-state index contributed by atoms with van der Waals surface area (Å²) in [5, 5.41) is 6.14. The van der Waals surface area contributed by atoms with E-state index in [4.69, 9.17) is 42.0 Å². The van der Waals surface area contributed by atoms with Crippen molar-refractivity contribution in [3.05, 3.63) is 70.3 Å². The lowest BCUT2D eigenvalue weighted by Crippen LogP contribution is -2.53. The fourth-order valence-corrected chi connectivity index (χ4v) is 9.63. The van der Waals surface area contributed by atoms with Crippen molar-refractivity contribution in [2.75, 3.05) is 44.2 Å². The highest BCUT2D eigenvalue weighted by molar-refractivity contribution is 6.35. The van der Waals surface area contributed by atoms with Crippen LogP contribution in [-0.4, -0.2) is 76.0 Å². The topological polar surface area (TPSA) is 185 Å². The van der Waals surface area contributed by atoms with Gasteiger partial charge in [0.1, 0.15) is 23.0 Å². The number of amides is 3. The van der Waals surface area contributed by atoms with Crippen molar-refractivity contribution >= 4 is 52.5 Å². The lowest BCUT2D eigenvalue weighted by Gasteiger charge is -2.40. The van der Waals surface area contributed by atoms with Gasteiger partial charge in [-0.3, -0.25) is 14.4 Å². The third-order valence-electron chi connectivity index (χ3n) is 12.9. The van der Waals surface area contributed by atoms with Crippen molar-refractivity contribution in [2.45, 2.75) is 96.5 Å². The summed E-state index contributed by atoms with van der Waals surface area (Å²) in [7, 11) is 4.84. The van der Waals surface area contributed by atoms with E-state index in [1.165, 1.54) is 12.0 Å². The molecule has 3 fully saturated rings. The van der Waals surface area contributed by atoms with Gasteiger partial charge in [-0.15, -0.1) is 0 Å². The van der Waals surface area contributed by atoms with E-state index in [1.807, 2.05) is 37.3 Å². The number of nitrogens with two attached hydrogens (primary N) is 2. The van der Waals surface area contributed by atoms with Crippen LogP contribution in [0, 0.1) is 22.7 Å². The Labute approximate surface area is 339 Å². The zero-order valence-electron chi connectivity index (χ0n) is 33.7. The Bertz CT molecular complexity index is 1950. The van der Waals surface area contributed by atoms with Crippen LogP contribution in [0.4, 0.5) is 21.9 Å². The first kappa shape index (κ1) is 41.9. The minimum Gasteiger partial charge on any atom is -0.495 e. The van der Waals surface area contributed by atoms with E-state index in [-0.39, 0.29) is 47.9 Å². The standard InChI is InChI=1S/C43H56ClN5O8/c1-24-11-10-12-32(54-5)30-21-33(56-41(53)48-30)25(2)43-23-35(43)42(43,3)36(22-37(50)49(4)31-18-26(17-24)19-34(55-6)39(31)44)57-38(51)13-8-7-9-16-47-40(52)27-14-15-28(45)29(46)20-27/h10-12,14-15,18-20,25,30,32-33,35-36H,7-9,13,16-17,21-23,45-46H2,1-6H3,(H,47,52)(H,48,53)/b12-10+,24-11+/t25-,30-,32-,33+,35?,36+,42+,43+/m1/s1. The first-order valence-electron chi connectivity index (χ1n) is 19.7. The smallest absolute Gasteiger partial charge is 0.407 e. The maximum atomic E-state index is 14.3. The molecule has 2 aliphatic carbocycles. The van der Waals surface area contributed by atoms with Crippen molar-refractivity contribution in [2.24, 2.45) is 22.7 Å². The average Bonchev–Trinajstić information content (AvgIpc) is 4.07. The molecule has 4 aliphatic rings. The van der Waals surface area contributed by atoms with Gasteiger partial charge < -0.3 is 45.9 Å². The van der Waals surface area contributed by atoms with Gasteiger partial charge in [-0.1, -0.05) is 55.7 Å². The molecule has 308 valence electrons. The van der Waals surface area contributed by atoms with Crippen molar-refractivity contribution in [1.29, 1.82) is 0 Å². The van der Waals surface area contributed by atoms with Crippen molar-refractivity contribution < 1.29 is 38.1 Å². The highest BCUT2D eigenvalue weighted by Gasteiger charge is 2.91. The molecule has 6 N–H and O–H groups in total. The molecule has 2 saturated carbocycles. The number of fused-ring (bicyclic) bond motifs is 5. The summed E-state index contributed by atoms with van der Waals surface area (Å²) in [6, 6.07) is 8.20. The van der Waals surface area contributed by atoms with E-state index in [9.17, 15) is 19.2 Å². The Morgan fingerprint density at radius 1 is 1.11 bits per heavy atom. The molecule has 2 heterocycles. The summed E-state index contributed by atoms with van der Waals surface area (Å²) < 4.78 is 23.7. The van der Waals surface area contributed by atoms with Gasteiger partial charge >= 0.3 is 12.1 Å². The van der Waals surface area contributed by atoms with Crippen LogP contribution in [0.1, 0.15) is 81.6 Å². The maximum Gasteiger partial charge on any atom is 0.407 e. The minimum absolute atomic E-state index is 0.0580. The highest BCUT2D eigenvalue weighted by Crippen LogP contribution is 2.92. The molecule has 13 nitrogen and oxygen atoms in total. The van der Waals surface area contributed by atoms with Gasteiger partial charge in [-0.05, 0) is 85.8 Å². The molecule has 2 aromatic rings. The molecule has 4 bridgehead atoms. The monoisotopic (exact) mass is 805 g/mol. The second kappa shape index (κ2) is 17.0. The molecule has 1 spiro atoms. The quantitative estimate of drug-likeness (QED) is 0.120. The number of carbonyl (C=O) groups is 4. The molecule has 0 aromatic heterocycles. The first-order chi connectivity index (χ1) is 27.1. The zero-order chi connectivity index (χ0) is 41.2. The zero-order valence-corrected chi connectivity index (χ0v) is 34.4. The lowest BCUT2D eigenvalue weighted by molar-refractivity contribution is -0.157. The third kappa shape index (κ3) is 8.46. The lowest BCUT2D eigenvalue weighted by atomic mass is 9.74. The van der Waals surface area contributed by atoms with Gasteiger partial charge in [-0.25, -0.2) is 4.79 Å². The number of unbranched alkanes of at least 4 members (excludes halogenated alkanes) is 2. The molecular weight excluding hydrogens is 750 g/mol. The Morgan fingerprint density at radius 2 is 1.88 bits per heavy atom. The predicted octanol–water partition coefficient (Wildman–Crippen LogP) is 6.37. The molecule has 6 rings (SSSR count). The number of rotatable bonds is 10. The Kier molecular flexibility index (Phi) is 12.5. The largest absolute Gasteiger partial charge is 0.495 e. The van der Waals surface area contributed by atoms with Gasteiger partial charge in [0.25, 0.3) is 5.91 Å². The molecule has 2 aliphatic heterocycles. The van der Waals surface area contributed by atoms with E-state index in [1.54, 1.807) is 32.4 Å². The number of methoxy groups -OCH3 is 2. The minimum atomic E-state index is -0.730. The van der Waals surface area contributed by atoms with Crippen LogP contribution in [0.3, 0.4) is 0 Å². The number of ether oxygens (including phenoxy) is 4. The maximum absolute atomic E-state index is 14.3. The average molecular weight is 806 g/mol. The number of nitrogen functional groups attached to an aromatic ring is 2. The van der Waals surface area contributed by atoms with Gasteiger partial charge in [0.15, 0.2) is 0 Å². The molecular formula is C43H56ClN5O8. The second-order valence-corrected chi connectivity index (χ2v) is 16.6. The van der Waals surface area contributed by atoms with Crippen molar-refractivity contribution in [3.8, 4) is 5.75 Å². The van der Waals surface area contributed by atoms with E-state index < -0.39 is 35.8 Å². The molecule has 2 aromatic carbocycles. The SMILES string of the molecule is COc1cc2cc(c1Cl)N(C)C(=O)C[C@H](OC(=O)CCCCCNC(=O)c1ccc(N)c(N)c1)[C@]1(C)C3C[C@]31[C@H](C)[C@@H]1C[C@@H](NC(=O)O1)[C@H](OC)/C=C/C=C(\C)C2. The Balaban J connectivity index is 1.20. The summed E-state index contributed by atoms with van der Waals surface area (Å²) in [5.41, 5.74) is 14.4. The summed E-state index contributed by atoms with van der Waals surface area (Å²) in [6.07, 6.45) is 7.82. The fraction of sp³-hybridized carbons (Fsp3) is 0.535. The van der Waals surface area contributed by atoms with E-state index >= 15 is 0 Å². The number of nitrogens with one attached hydrogen (secondary N) is 2. The number of carbonyl (C=O) groups excluding carboxylic acids is 4. The van der Waals surface area contributed by atoms with Crippen molar-refractivity contribution in [1.82, 2.24) is 10.6 Å². The van der Waals surface area contributed by atoms with Crippen LogP contribution in [0.15, 0.2) is 54.1 Å². The van der Waals surface area contributed by atoms with Gasteiger partial charge in [-0.2, -0.15) is 0 Å². The van der Waals surface area contributed by atoms with Crippen LogP contribution in [0.25, 0.3) is 0 Å². The predicted molar refractivity (Wildman–Crippen MR) is 219 cm³/mol. The van der Waals surface area contributed by atoms with Crippen LogP contribution < -0.4 is 31.7 Å². The highest BCUT2D eigenvalue weighted by atomic mass is 35.5. The number of halogens is 1. The molecule has 3 amide bonds. The van der Waals surface area contributed by atoms with Gasteiger partial charge in [0.05, 0.1) is 42.7 Å². The molecule has 14 heteroatoms. The molecule has 1 unspecified atom stereocenters. The Morgan fingerprint density at radius 3 is 2.58 bits per heavy atom. The van der Waals surface area contributed by atoms with E-state index in [2.05, 4.69) is 24.5 Å². The number of nitrogens with zero attached hydrogens (tertiary/aromatic N) is 1. The van der Waals surface area contributed by atoms with Crippen LogP contribution in [0.5, 0.6) is 5.75 Å². The summed E-state index contributed by atoms with van der Waals surface area (Å²) in [4.78, 5) is 54.9. The van der Waals surface area contributed by atoms with Crippen LogP contribution in [-0.2, 0) is 30.2 Å². The van der Waals surface area contributed by atoms with Crippen molar-refractivity contribution in [3.63, 3.8) is 0 Å². The number of benzene rings is 2. The molecule has 57 heavy (non-hydrogen) atoms. The number of hydrogen-bond donors (Lipinski definition) is 4. The summed E-state index contributed by atoms with van der Waals surface area (Å²) >= 11 is 6.83. The van der Waals surface area contributed by atoms with Gasteiger partial charge in [0.2, 0.25) is 5.91 Å². The van der Waals surface area contributed by atoms with Gasteiger partial charge in [0, 0.05) is 44.5 Å². The molecule has 0 radical (unpaired) electrons. The number of alkyl carbamates (subject to hydrolysis) is 1. The second-order valence-electron chi connectivity index (χ2n) is 16.3. The third-order valence-corrected chi connectivity index (χ3v) is 13.3. The van der Waals surface area contributed by atoms with E-state index in [0.717, 1.165) is 17.6 Å². The fourth-order valence-electron chi connectivity index (χ4n) is 9.32. The van der Waals surface area contributed by atoms with E-state index in [0.29, 0.717) is 72.0 Å². The number of esters is 1. The number of anilines is 3. The number of hydrogen-bond acceptors (Lipinski definition) is 10. The Hall–Kier alpha value is -4.75. The number of allylic oxidation sites excluding steroid dienone is 3. The summed E-state index contributed by atoms with van der Waals surface area (Å²) in [6.45, 7) is 6.63. The van der Waals surface area contributed by atoms with Crippen LogP contribution >= 0.6 is 11.6 Å². The molecule has 8 atom stereocenters. The normalized spacial score (nSPS) is 31.0. The molecule has 1 saturated heterocycles.